The zero-order valence-corrected chi connectivity index (χ0v) is 8.25. The number of carboxylic acids is 1. The fourth-order valence-corrected chi connectivity index (χ4v) is 1.38. The zero-order valence-electron chi connectivity index (χ0n) is 5.98. The first-order chi connectivity index (χ1) is 4.98. The van der Waals surface area contributed by atoms with Gasteiger partial charge in [-0.25, -0.2) is 0 Å². The molecule has 0 aromatic heterocycles. The van der Waals surface area contributed by atoms with Crippen LogP contribution in [0.15, 0.2) is 0 Å². The van der Waals surface area contributed by atoms with Gasteiger partial charge in [0.2, 0.25) is 0 Å². The Hall–Kier alpha value is 0.340. The van der Waals surface area contributed by atoms with Crippen LogP contribution in [0.1, 0.15) is 6.92 Å². The second kappa shape index (κ2) is 4.39. The van der Waals surface area contributed by atoms with Gasteiger partial charge in [-0.2, -0.15) is 0 Å². The third-order valence-electron chi connectivity index (χ3n) is 1.44. The summed E-state index contributed by atoms with van der Waals surface area (Å²) in [5, 5.41) is 7.50. The van der Waals surface area contributed by atoms with Crippen molar-refractivity contribution in [2.24, 2.45) is 5.41 Å². The monoisotopic (exact) mass is 218 g/mol. The number of aliphatic carboxylic acids is 1. The van der Waals surface area contributed by atoms with Crippen LogP contribution in [0.25, 0.3) is 0 Å². The zero-order chi connectivity index (χ0) is 9.07. The quantitative estimate of drug-likeness (QED) is 0.736. The van der Waals surface area contributed by atoms with Crippen molar-refractivity contribution in [3.63, 3.8) is 0 Å². The molecular weight excluding hydrogens is 210 g/mol. The van der Waals surface area contributed by atoms with E-state index in [1.807, 2.05) is 0 Å². The predicted octanol–water partition coefficient (Wildman–Crippen LogP) is 2.16. The molecule has 0 rings (SSSR count). The van der Waals surface area contributed by atoms with E-state index in [1.165, 1.54) is 0 Å². The van der Waals surface area contributed by atoms with Crippen LogP contribution in [0.5, 0.6) is 0 Å². The van der Waals surface area contributed by atoms with Crippen LogP contribution in [0.2, 0.25) is 0 Å². The van der Waals surface area contributed by atoms with Gasteiger partial charge in [0.1, 0.15) is 5.38 Å². The SMILES string of the molecule is CC(CCl)(CCl)C(Cl)C(=O)O. The minimum atomic E-state index is -1.09. The van der Waals surface area contributed by atoms with E-state index in [4.69, 9.17) is 39.9 Å². The molecule has 0 fully saturated rings. The van der Waals surface area contributed by atoms with E-state index in [0.717, 1.165) is 0 Å². The highest BCUT2D eigenvalue weighted by atomic mass is 35.5. The molecular formula is C6H9Cl3O2. The molecule has 0 heterocycles. The Morgan fingerprint density at radius 1 is 1.55 bits per heavy atom. The number of carboxylic acid groups (broad SMARTS) is 1. The Kier molecular flexibility index (Phi) is 4.52. The number of carbonyl (C=O) groups is 1. The first kappa shape index (κ1) is 11.3. The summed E-state index contributed by atoms with van der Waals surface area (Å²) >= 11 is 16.6. The van der Waals surface area contributed by atoms with E-state index in [1.54, 1.807) is 6.92 Å². The van der Waals surface area contributed by atoms with Crippen molar-refractivity contribution in [1.29, 1.82) is 0 Å². The smallest absolute Gasteiger partial charge is 0.322 e. The van der Waals surface area contributed by atoms with Crippen LogP contribution in [0, 0.1) is 5.41 Å². The van der Waals surface area contributed by atoms with Crippen molar-refractivity contribution < 1.29 is 9.90 Å². The molecule has 2 nitrogen and oxygen atoms in total. The summed E-state index contributed by atoms with van der Waals surface area (Å²) in [4.78, 5) is 10.4. The number of rotatable bonds is 4. The maximum absolute atomic E-state index is 10.4. The molecule has 11 heavy (non-hydrogen) atoms. The Labute approximate surface area is 80.4 Å². The minimum absolute atomic E-state index is 0.136. The minimum Gasteiger partial charge on any atom is -0.480 e. The topological polar surface area (TPSA) is 37.3 Å². The van der Waals surface area contributed by atoms with Gasteiger partial charge in [0, 0.05) is 17.2 Å². The van der Waals surface area contributed by atoms with Crippen LogP contribution >= 0.6 is 34.8 Å². The van der Waals surface area contributed by atoms with Crippen molar-refractivity contribution in [1.82, 2.24) is 0 Å². The van der Waals surface area contributed by atoms with E-state index in [9.17, 15) is 4.79 Å². The highest BCUT2D eigenvalue weighted by molar-refractivity contribution is 6.32. The lowest BCUT2D eigenvalue weighted by Gasteiger charge is -2.26. The van der Waals surface area contributed by atoms with Gasteiger partial charge < -0.3 is 5.11 Å². The molecule has 1 N–H and O–H groups in total. The molecule has 1 atom stereocenters. The van der Waals surface area contributed by atoms with E-state index < -0.39 is 16.8 Å². The fraction of sp³-hybridized carbons (Fsp3) is 0.833. The molecule has 0 aliphatic carbocycles. The van der Waals surface area contributed by atoms with Crippen molar-refractivity contribution in [3.8, 4) is 0 Å². The van der Waals surface area contributed by atoms with E-state index >= 15 is 0 Å². The van der Waals surface area contributed by atoms with Gasteiger partial charge in [-0.05, 0) is 0 Å². The summed E-state index contributed by atoms with van der Waals surface area (Å²) in [5.41, 5.74) is -0.740. The maximum atomic E-state index is 10.4. The molecule has 0 amide bonds. The average molecular weight is 219 g/mol. The molecule has 0 spiro atoms. The molecule has 0 radical (unpaired) electrons. The molecule has 0 aliphatic rings. The fourth-order valence-electron chi connectivity index (χ4n) is 0.469. The van der Waals surface area contributed by atoms with Crippen molar-refractivity contribution in [3.05, 3.63) is 0 Å². The summed E-state index contributed by atoms with van der Waals surface area (Å²) in [6.07, 6.45) is 0. The lowest BCUT2D eigenvalue weighted by Crippen LogP contribution is -2.37. The second-order valence-electron chi connectivity index (χ2n) is 2.62. The standard InChI is InChI=1S/C6H9Cl3O2/c1-6(2-7,3-8)4(9)5(10)11/h4H,2-3H2,1H3,(H,10,11). The van der Waals surface area contributed by atoms with Gasteiger partial charge in [-0.1, -0.05) is 6.92 Å². The molecule has 0 aliphatic heterocycles. The molecule has 0 aromatic carbocycles. The van der Waals surface area contributed by atoms with Gasteiger partial charge >= 0.3 is 5.97 Å². The van der Waals surface area contributed by atoms with Crippen LogP contribution in [-0.4, -0.2) is 28.2 Å². The molecule has 1 unspecified atom stereocenters. The summed E-state index contributed by atoms with van der Waals surface area (Å²) < 4.78 is 0. The van der Waals surface area contributed by atoms with Gasteiger partial charge in [-0.3, -0.25) is 4.79 Å². The molecule has 5 heteroatoms. The van der Waals surface area contributed by atoms with Crippen molar-refractivity contribution >= 4 is 40.8 Å². The summed E-state index contributed by atoms with van der Waals surface area (Å²) in [6, 6.07) is 0. The van der Waals surface area contributed by atoms with E-state index in [2.05, 4.69) is 0 Å². The van der Waals surface area contributed by atoms with Crippen molar-refractivity contribution in [2.45, 2.75) is 12.3 Å². The predicted molar refractivity (Wildman–Crippen MR) is 46.8 cm³/mol. The van der Waals surface area contributed by atoms with Gasteiger partial charge in [0.15, 0.2) is 0 Å². The third kappa shape index (κ3) is 2.69. The highest BCUT2D eigenvalue weighted by Crippen LogP contribution is 2.29. The largest absolute Gasteiger partial charge is 0.480 e. The third-order valence-corrected chi connectivity index (χ3v) is 3.37. The van der Waals surface area contributed by atoms with Crippen LogP contribution < -0.4 is 0 Å². The molecule has 0 saturated carbocycles. The number of hydrogen-bond donors (Lipinski definition) is 1. The second-order valence-corrected chi connectivity index (χ2v) is 3.59. The van der Waals surface area contributed by atoms with E-state index in [-0.39, 0.29) is 11.8 Å². The maximum Gasteiger partial charge on any atom is 0.322 e. The first-order valence-electron chi connectivity index (χ1n) is 2.96. The van der Waals surface area contributed by atoms with Crippen LogP contribution in [0.4, 0.5) is 0 Å². The number of hydrogen-bond acceptors (Lipinski definition) is 1. The number of halogens is 3. The van der Waals surface area contributed by atoms with Crippen LogP contribution in [0.3, 0.4) is 0 Å². The normalized spacial score (nSPS) is 14.5. The first-order valence-corrected chi connectivity index (χ1v) is 4.47. The van der Waals surface area contributed by atoms with Crippen LogP contribution in [-0.2, 0) is 4.79 Å². The Morgan fingerprint density at radius 2 is 1.91 bits per heavy atom. The molecule has 66 valence electrons. The lowest BCUT2D eigenvalue weighted by atomic mass is 9.91. The Bertz CT molecular complexity index is 145. The van der Waals surface area contributed by atoms with Crippen molar-refractivity contribution in [2.75, 3.05) is 11.8 Å². The number of alkyl halides is 3. The van der Waals surface area contributed by atoms with E-state index in [0.29, 0.717) is 0 Å². The summed E-state index contributed by atoms with van der Waals surface area (Å²) in [7, 11) is 0. The molecule has 0 bridgehead atoms. The lowest BCUT2D eigenvalue weighted by molar-refractivity contribution is -0.138. The Balaban J connectivity index is 4.36. The highest BCUT2D eigenvalue weighted by Gasteiger charge is 2.36. The Morgan fingerprint density at radius 3 is 2.00 bits per heavy atom. The summed E-state index contributed by atoms with van der Waals surface area (Å²) in [5.74, 6) is -0.816. The van der Waals surface area contributed by atoms with Gasteiger partial charge in [-0.15, -0.1) is 34.8 Å². The van der Waals surface area contributed by atoms with Gasteiger partial charge in [0.05, 0.1) is 0 Å². The summed E-state index contributed by atoms with van der Waals surface area (Å²) in [6.45, 7) is 1.64. The van der Waals surface area contributed by atoms with Gasteiger partial charge in [0.25, 0.3) is 0 Å². The average Bonchev–Trinajstić information content (AvgIpc) is 2.01. The molecule has 0 saturated heterocycles. The molecule has 0 aromatic rings.